The predicted octanol–water partition coefficient (Wildman–Crippen LogP) is 2.59. The molecule has 1 aliphatic carbocycles. The third-order valence-corrected chi connectivity index (χ3v) is 3.81. The molecule has 3 N–H and O–H groups in total. The summed E-state index contributed by atoms with van der Waals surface area (Å²) in [6.07, 6.45) is 9.05. The zero-order chi connectivity index (χ0) is 12.7. The minimum atomic E-state index is 0.198. The topological polar surface area (TPSA) is 55.1 Å². The molecule has 17 heavy (non-hydrogen) atoms. The molecule has 3 heteroatoms. The summed E-state index contributed by atoms with van der Waals surface area (Å²) >= 11 is 0. The van der Waals surface area contributed by atoms with Gasteiger partial charge in [0.1, 0.15) is 0 Å². The first kappa shape index (κ1) is 14.5. The summed E-state index contributed by atoms with van der Waals surface area (Å²) in [7, 11) is 0. The summed E-state index contributed by atoms with van der Waals surface area (Å²) in [5.41, 5.74) is 5.67. The second kappa shape index (κ2) is 7.70. The second-order valence-corrected chi connectivity index (χ2v) is 5.62. The van der Waals surface area contributed by atoms with Crippen LogP contribution in [0, 0.1) is 5.92 Å². The summed E-state index contributed by atoms with van der Waals surface area (Å²) in [6.45, 7) is 4.14. The lowest BCUT2D eigenvalue weighted by molar-refractivity contribution is -0.122. The lowest BCUT2D eigenvalue weighted by Crippen LogP contribution is -2.38. The molecule has 0 bridgehead atoms. The van der Waals surface area contributed by atoms with Crippen molar-refractivity contribution in [2.45, 2.75) is 77.3 Å². The Labute approximate surface area is 106 Å². The van der Waals surface area contributed by atoms with Crippen LogP contribution in [0.15, 0.2) is 0 Å². The van der Waals surface area contributed by atoms with Crippen LogP contribution >= 0.6 is 0 Å². The number of hydrogen-bond acceptors (Lipinski definition) is 2. The fraction of sp³-hybridized carbons (Fsp3) is 0.929. The first-order valence-electron chi connectivity index (χ1n) is 7.14. The maximum absolute atomic E-state index is 11.7. The van der Waals surface area contributed by atoms with Gasteiger partial charge in [-0.05, 0) is 45.4 Å². The van der Waals surface area contributed by atoms with Gasteiger partial charge in [-0.3, -0.25) is 4.79 Å². The molecule has 0 aromatic carbocycles. The highest BCUT2D eigenvalue weighted by molar-refractivity contribution is 5.76. The van der Waals surface area contributed by atoms with Crippen LogP contribution in [-0.2, 0) is 4.79 Å². The highest BCUT2D eigenvalue weighted by atomic mass is 16.1. The number of carbonyl (C=O) groups is 1. The van der Waals surface area contributed by atoms with E-state index in [-0.39, 0.29) is 11.9 Å². The zero-order valence-corrected chi connectivity index (χ0v) is 11.4. The molecule has 0 spiro atoms. The van der Waals surface area contributed by atoms with Gasteiger partial charge in [0.25, 0.3) is 0 Å². The van der Waals surface area contributed by atoms with E-state index in [0.29, 0.717) is 18.4 Å². The molecule has 1 unspecified atom stereocenters. The Bertz CT molecular complexity index is 222. The predicted molar refractivity (Wildman–Crippen MR) is 71.7 cm³/mol. The van der Waals surface area contributed by atoms with Gasteiger partial charge in [0, 0.05) is 18.5 Å². The van der Waals surface area contributed by atoms with E-state index in [1.807, 2.05) is 6.92 Å². The molecule has 3 nitrogen and oxygen atoms in total. The van der Waals surface area contributed by atoms with Gasteiger partial charge in [-0.1, -0.05) is 19.3 Å². The van der Waals surface area contributed by atoms with Crippen molar-refractivity contribution in [1.82, 2.24) is 5.32 Å². The standard InChI is InChI=1S/C14H28N2O/c1-11(15)7-6-10-14(17)16-12(2)13-8-4-3-5-9-13/h11-13H,3-10,15H2,1-2H3,(H,16,17)/t11?,12-/m1/s1. The van der Waals surface area contributed by atoms with Crippen molar-refractivity contribution in [2.75, 3.05) is 0 Å². The molecule has 1 rings (SSSR count). The van der Waals surface area contributed by atoms with Crippen molar-refractivity contribution < 1.29 is 4.79 Å². The molecular formula is C14H28N2O. The van der Waals surface area contributed by atoms with Gasteiger partial charge in [0.2, 0.25) is 5.91 Å². The number of rotatable bonds is 6. The number of amides is 1. The summed E-state index contributed by atoms with van der Waals surface area (Å²) in [5.74, 6) is 0.893. The van der Waals surface area contributed by atoms with Crippen LogP contribution in [0.25, 0.3) is 0 Å². The Morgan fingerprint density at radius 1 is 1.29 bits per heavy atom. The summed E-state index contributed by atoms with van der Waals surface area (Å²) in [5, 5.41) is 3.14. The van der Waals surface area contributed by atoms with E-state index in [0.717, 1.165) is 12.8 Å². The van der Waals surface area contributed by atoms with E-state index in [4.69, 9.17) is 5.73 Å². The molecular weight excluding hydrogens is 212 g/mol. The second-order valence-electron chi connectivity index (χ2n) is 5.62. The van der Waals surface area contributed by atoms with Gasteiger partial charge in [-0.2, -0.15) is 0 Å². The van der Waals surface area contributed by atoms with E-state index in [1.54, 1.807) is 0 Å². The van der Waals surface area contributed by atoms with Gasteiger partial charge >= 0.3 is 0 Å². The van der Waals surface area contributed by atoms with Crippen LogP contribution in [0.1, 0.15) is 65.2 Å². The SMILES string of the molecule is CC(N)CCCC(=O)N[C@H](C)C1CCCCC1. The lowest BCUT2D eigenvalue weighted by Gasteiger charge is -2.28. The van der Waals surface area contributed by atoms with Crippen molar-refractivity contribution in [1.29, 1.82) is 0 Å². The minimum absolute atomic E-state index is 0.198. The quantitative estimate of drug-likeness (QED) is 0.750. The molecule has 1 amide bonds. The van der Waals surface area contributed by atoms with Crippen LogP contribution in [0.4, 0.5) is 0 Å². The minimum Gasteiger partial charge on any atom is -0.353 e. The maximum Gasteiger partial charge on any atom is 0.220 e. The number of nitrogens with two attached hydrogens (primary N) is 1. The van der Waals surface area contributed by atoms with E-state index in [1.165, 1.54) is 32.1 Å². The van der Waals surface area contributed by atoms with Gasteiger partial charge in [0.05, 0.1) is 0 Å². The highest BCUT2D eigenvalue weighted by Crippen LogP contribution is 2.26. The number of nitrogens with one attached hydrogen (secondary N) is 1. The smallest absolute Gasteiger partial charge is 0.220 e. The first-order valence-corrected chi connectivity index (χ1v) is 7.14. The van der Waals surface area contributed by atoms with Crippen LogP contribution in [0.3, 0.4) is 0 Å². The first-order chi connectivity index (χ1) is 8.09. The largest absolute Gasteiger partial charge is 0.353 e. The lowest BCUT2D eigenvalue weighted by atomic mass is 9.84. The molecule has 100 valence electrons. The van der Waals surface area contributed by atoms with Crippen molar-refractivity contribution in [2.24, 2.45) is 11.7 Å². The molecule has 0 aliphatic heterocycles. The molecule has 0 saturated heterocycles. The van der Waals surface area contributed by atoms with Gasteiger partial charge in [-0.25, -0.2) is 0 Å². The fourth-order valence-electron chi connectivity index (χ4n) is 2.66. The normalized spacial score (nSPS) is 20.9. The fourth-order valence-corrected chi connectivity index (χ4v) is 2.66. The summed E-state index contributed by atoms with van der Waals surface area (Å²) < 4.78 is 0. The average Bonchev–Trinajstić information content (AvgIpc) is 2.29. The van der Waals surface area contributed by atoms with Gasteiger partial charge < -0.3 is 11.1 Å². The highest BCUT2D eigenvalue weighted by Gasteiger charge is 2.21. The van der Waals surface area contributed by atoms with Crippen LogP contribution in [0.2, 0.25) is 0 Å². The molecule has 0 aromatic rings. The third kappa shape index (κ3) is 6.06. The molecule has 0 aromatic heterocycles. The van der Waals surface area contributed by atoms with Gasteiger partial charge in [0.15, 0.2) is 0 Å². The van der Waals surface area contributed by atoms with Crippen molar-refractivity contribution in [3.05, 3.63) is 0 Å². The Hall–Kier alpha value is -0.570. The zero-order valence-electron chi connectivity index (χ0n) is 11.4. The molecule has 1 aliphatic rings. The van der Waals surface area contributed by atoms with Crippen LogP contribution in [-0.4, -0.2) is 18.0 Å². The average molecular weight is 240 g/mol. The Balaban J connectivity index is 2.15. The Morgan fingerprint density at radius 2 is 1.94 bits per heavy atom. The molecule has 1 fully saturated rings. The Morgan fingerprint density at radius 3 is 2.53 bits per heavy atom. The van der Waals surface area contributed by atoms with Crippen LogP contribution in [0.5, 0.6) is 0 Å². The Kier molecular flexibility index (Phi) is 6.56. The number of hydrogen-bond donors (Lipinski definition) is 2. The molecule has 2 atom stereocenters. The van der Waals surface area contributed by atoms with Crippen LogP contribution < -0.4 is 11.1 Å². The monoisotopic (exact) mass is 240 g/mol. The summed E-state index contributed by atoms with van der Waals surface area (Å²) in [4.78, 5) is 11.7. The molecule has 0 radical (unpaired) electrons. The summed E-state index contributed by atoms with van der Waals surface area (Å²) in [6, 6.07) is 0.552. The van der Waals surface area contributed by atoms with E-state index < -0.39 is 0 Å². The van der Waals surface area contributed by atoms with E-state index in [2.05, 4.69) is 12.2 Å². The van der Waals surface area contributed by atoms with Crippen molar-refractivity contribution in [3.8, 4) is 0 Å². The van der Waals surface area contributed by atoms with E-state index >= 15 is 0 Å². The van der Waals surface area contributed by atoms with E-state index in [9.17, 15) is 4.79 Å². The van der Waals surface area contributed by atoms with Gasteiger partial charge in [-0.15, -0.1) is 0 Å². The van der Waals surface area contributed by atoms with Crippen molar-refractivity contribution in [3.63, 3.8) is 0 Å². The van der Waals surface area contributed by atoms with Crippen molar-refractivity contribution >= 4 is 5.91 Å². The third-order valence-electron chi connectivity index (χ3n) is 3.81. The number of carbonyl (C=O) groups excluding carboxylic acids is 1. The molecule has 1 saturated carbocycles. The maximum atomic E-state index is 11.7. The molecule has 0 heterocycles.